The summed E-state index contributed by atoms with van der Waals surface area (Å²) in [5.41, 5.74) is 1.24. The van der Waals surface area contributed by atoms with Crippen LogP contribution in [0.5, 0.6) is 11.5 Å². The molecule has 0 aliphatic heterocycles. The number of benzene rings is 2. The second-order valence-corrected chi connectivity index (χ2v) is 5.85. The lowest BCUT2D eigenvalue weighted by Crippen LogP contribution is -2.32. The quantitative estimate of drug-likeness (QED) is 0.742. The van der Waals surface area contributed by atoms with Crippen molar-refractivity contribution in [3.8, 4) is 11.5 Å². The van der Waals surface area contributed by atoms with Gasteiger partial charge in [0.15, 0.2) is 0 Å². The first-order valence-corrected chi connectivity index (χ1v) is 8.14. The molecule has 0 saturated carbocycles. The standard InChI is InChI=1S/C19H23FN2O3/c1-13(2)25-16-8-9-18(17(20)12-16)22-19(23)21-10-11-24-15-6-4-14(3)5-7-15/h4-9,12-13H,10-11H2,1-3H3,(H2,21,22,23). The van der Waals surface area contributed by atoms with Crippen LogP contribution in [0.15, 0.2) is 42.5 Å². The average Bonchev–Trinajstić information content (AvgIpc) is 2.55. The van der Waals surface area contributed by atoms with Crippen molar-refractivity contribution in [2.45, 2.75) is 26.9 Å². The van der Waals surface area contributed by atoms with Gasteiger partial charge in [-0.05, 0) is 45.0 Å². The minimum atomic E-state index is -0.552. The minimum absolute atomic E-state index is 0.0463. The molecule has 25 heavy (non-hydrogen) atoms. The number of aryl methyl sites for hydroxylation is 1. The van der Waals surface area contributed by atoms with E-state index in [1.54, 1.807) is 6.07 Å². The first-order valence-electron chi connectivity index (χ1n) is 8.14. The van der Waals surface area contributed by atoms with Gasteiger partial charge in [-0.15, -0.1) is 0 Å². The zero-order valence-electron chi connectivity index (χ0n) is 14.6. The molecule has 2 rings (SSSR count). The van der Waals surface area contributed by atoms with Crippen LogP contribution >= 0.6 is 0 Å². The molecule has 0 atom stereocenters. The second-order valence-electron chi connectivity index (χ2n) is 5.85. The van der Waals surface area contributed by atoms with Gasteiger partial charge < -0.3 is 20.1 Å². The molecule has 5 nitrogen and oxygen atoms in total. The van der Waals surface area contributed by atoms with Crippen LogP contribution in [0.2, 0.25) is 0 Å². The van der Waals surface area contributed by atoms with Crippen molar-refractivity contribution in [2.24, 2.45) is 0 Å². The molecular weight excluding hydrogens is 323 g/mol. The van der Waals surface area contributed by atoms with Crippen molar-refractivity contribution in [3.05, 3.63) is 53.8 Å². The fraction of sp³-hybridized carbons (Fsp3) is 0.316. The smallest absolute Gasteiger partial charge is 0.319 e. The summed E-state index contributed by atoms with van der Waals surface area (Å²) in [4.78, 5) is 11.8. The molecule has 2 N–H and O–H groups in total. The highest BCUT2D eigenvalue weighted by molar-refractivity contribution is 5.89. The third-order valence-corrected chi connectivity index (χ3v) is 3.24. The van der Waals surface area contributed by atoms with Gasteiger partial charge in [0.1, 0.15) is 23.9 Å². The Morgan fingerprint density at radius 2 is 1.80 bits per heavy atom. The van der Waals surface area contributed by atoms with Gasteiger partial charge in [0.2, 0.25) is 0 Å². The molecular formula is C19H23FN2O3. The van der Waals surface area contributed by atoms with Crippen LogP contribution in [-0.4, -0.2) is 25.3 Å². The van der Waals surface area contributed by atoms with Crippen molar-refractivity contribution in [1.82, 2.24) is 5.32 Å². The summed E-state index contributed by atoms with van der Waals surface area (Å²) in [5.74, 6) is 0.605. The molecule has 0 bridgehead atoms. The van der Waals surface area contributed by atoms with E-state index in [0.29, 0.717) is 18.9 Å². The highest BCUT2D eigenvalue weighted by Crippen LogP contribution is 2.21. The van der Waals surface area contributed by atoms with Gasteiger partial charge in [-0.1, -0.05) is 17.7 Å². The Kier molecular flexibility index (Phi) is 6.62. The zero-order valence-corrected chi connectivity index (χ0v) is 14.6. The Bertz CT molecular complexity index is 702. The Labute approximate surface area is 147 Å². The molecule has 0 unspecified atom stereocenters. The zero-order chi connectivity index (χ0) is 18.2. The largest absolute Gasteiger partial charge is 0.492 e. The van der Waals surface area contributed by atoms with Crippen LogP contribution in [0.1, 0.15) is 19.4 Å². The van der Waals surface area contributed by atoms with E-state index in [4.69, 9.17) is 9.47 Å². The fourth-order valence-electron chi connectivity index (χ4n) is 2.08. The van der Waals surface area contributed by atoms with E-state index in [2.05, 4.69) is 10.6 Å². The molecule has 0 heterocycles. The molecule has 0 saturated heterocycles. The number of rotatable bonds is 7. The number of amides is 2. The van der Waals surface area contributed by atoms with E-state index in [9.17, 15) is 9.18 Å². The van der Waals surface area contributed by atoms with Crippen molar-refractivity contribution in [3.63, 3.8) is 0 Å². The lowest BCUT2D eigenvalue weighted by Gasteiger charge is -2.12. The first kappa shape index (κ1) is 18.6. The van der Waals surface area contributed by atoms with E-state index < -0.39 is 11.8 Å². The number of nitrogens with one attached hydrogen (secondary N) is 2. The number of anilines is 1. The Hall–Kier alpha value is -2.76. The third kappa shape index (κ3) is 6.33. The van der Waals surface area contributed by atoms with Crippen molar-refractivity contribution < 1.29 is 18.7 Å². The number of carbonyl (C=O) groups excluding carboxylic acids is 1. The topological polar surface area (TPSA) is 59.6 Å². The van der Waals surface area contributed by atoms with Crippen LogP contribution in [-0.2, 0) is 0 Å². The van der Waals surface area contributed by atoms with Crippen molar-refractivity contribution >= 4 is 11.7 Å². The fourth-order valence-corrected chi connectivity index (χ4v) is 2.08. The second kappa shape index (κ2) is 8.92. The van der Waals surface area contributed by atoms with Crippen molar-refractivity contribution in [1.29, 1.82) is 0 Å². The maximum Gasteiger partial charge on any atom is 0.319 e. The monoisotopic (exact) mass is 346 g/mol. The molecule has 0 fully saturated rings. The number of ether oxygens (including phenoxy) is 2. The molecule has 0 radical (unpaired) electrons. The third-order valence-electron chi connectivity index (χ3n) is 3.24. The van der Waals surface area contributed by atoms with E-state index in [0.717, 1.165) is 11.3 Å². The minimum Gasteiger partial charge on any atom is -0.492 e. The lowest BCUT2D eigenvalue weighted by molar-refractivity contribution is 0.241. The molecule has 0 aliphatic rings. The molecule has 134 valence electrons. The van der Waals surface area contributed by atoms with Crippen LogP contribution in [0.3, 0.4) is 0 Å². The van der Waals surface area contributed by atoms with E-state index in [-0.39, 0.29) is 11.8 Å². The van der Waals surface area contributed by atoms with Crippen LogP contribution in [0, 0.1) is 12.7 Å². The highest BCUT2D eigenvalue weighted by Gasteiger charge is 2.08. The van der Waals surface area contributed by atoms with Crippen LogP contribution < -0.4 is 20.1 Å². The summed E-state index contributed by atoms with van der Waals surface area (Å²) in [6.07, 6.45) is -0.0463. The predicted molar refractivity (Wildman–Crippen MR) is 95.9 cm³/mol. The summed E-state index contributed by atoms with van der Waals surface area (Å²) in [6.45, 7) is 6.33. The summed E-state index contributed by atoms with van der Waals surface area (Å²) in [6, 6.07) is 11.5. The van der Waals surface area contributed by atoms with E-state index >= 15 is 0 Å². The normalized spacial score (nSPS) is 10.4. The molecule has 0 spiro atoms. The summed E-state index contributed by atoms with van der Waals surface area (Å²) in [5, 5.41) is 5.07. The van der Waals surface area contributed by atoms with Gasteiger partial charge in [-0.25, -0.2) is 9.18 Å². The van der Waals surface area contributed by atoms with Crippen LogP contribution in [0.25, 0.3) is 0 Å². The Morgan fingerprint density at radius 3 is 2.44 bits per heavy atom. The predicted octanol–water partition coefficient (Wildman–Crippen LogP) is 4.12. The Balaban J connectivity index is 1.75. The molecule has 0 aliphatic carbocycles. The number of carbonyl (C=O) groups is 1. The Morgan fingerprint density at radius 1 is 1.12 bits per heavy atom. The molecule has 6 heteroatoms. The summed E-state index contributed by atoms with van der Waals surface area (Å²) >= 11 is 0. The van der Waals surface area contributed by atoms with Gasteiger partial charge in [0.25, 0.3) is 0 Å². The maximum absolute atomic E-state index is 14.0. The van der Waals surface area contributed by atoms with Gasteiger partial charge in [-0.2, -0.15) is 0 Å². The summed E-state index contributed by atoms with van der Waals surface area (Å²) < 4.78 is 24.9. The number of halogens is 1. The SMILES string of the molecule is Cc1ccc(OCCNC(=O)Nc2ccc(OC(C)C)cc2F)cc1. The van der Waals surface area contributed by atoms with E-state index in [1.807, 2.05) is 45.0 Å². The van der Waals surface area contributed by atoms with E-state index in [1.165, 1.54) is 12.1 Å². The van der Waals surface area contributed by atoms with Gasteiger partial charge in [0, 0.05) is 6.07 Å². The molecule has 2 amide bonds. The molecule has 0 aromatic heterocycles. The van der Waals surface area contributed by atoms with Crippen LogP contribution in [0.4, 0.5) is 14.9 Å². The number of urea groups is 1. The first-order chi connectivity index (χ1) is 11.9. The lowest BCUT2D eigenvalue weighted by atomic mass is 10.2. The molecule has 2 aromatic rings. The maximum atomic E-state index is 14.0. The van der Waals surface area contributed by atoms with Gasteiger partial charge >= 0.3 is 6.03 Å². The van der Waals surface area contributed by atoms with Gasteiger partial charge in [-0.3, -0.25) is 0 Å². The number of hydrogen-bond acceptors (Lipinski definition) is 3. The van der Waals surface area contributed by atoms with Crippen molar-refractivity contribution in [2.75, 3.05) is 18.5 Å². The highest BCUT2D eigenvalue weighted by atomic mass is 19.1. The number of hydrogen-bond donors (Lipinski definition) is 2. The molecule has 2 aromatic carbocycles. The van der Waals surface area contributed by atoms with Gasteiger partial charge in [0.05, 0.1) is 18.3 Å². The summed E-state index contributed by atoms with van der Waals surface area (Å²) in [7, 11) is 0. The average molecular weight is 346 g/mol.